The summed E-state index contributed by atoms with van der Waals surface area (Å²) >= 11 is 0. The normalized spacial score (nSPS) is 20.5. The van der Waals surface area contributed by atoms with Crippen LogP contribution in [0.5, 0.6) is 0 Å². The first-order valence-corrected chi connectivity index (χ1v) is 8.06. The number of benzene rings is 1. The minimum Gasteiger partial charge on any atom is -0.478 e. The summed E-state index contributed by atoms with van der Waals surface area (Å²) in [5.74, 6) is -0.856. The summed E-state index contributed by atoms with van der Waals surface area (Å²) in [4.78, 5) is 15.9. The maximum atomic E-state index is 10.9. The van der Waals surface area contributed by atoms with Gasteiger partial charge in [-0.15, -0.1) is 12.4 Å². The van der Waals surface area contributed by atoms with Crippen LogP contribution in [0.4, 0.5) is 5.69 Å². The predicted octanol–water partition coefficient (Wildman–Crippen LogP) is 3.26. The first-order chi connectivity index (χ1) is 10.2. The Labute approximate surface area is 138 Å². The van der Waals surface area contributed by atoms with Gasteiger partial charge in [0.1, 0.15) is 0 Å². The maximum Gasteiger partial charge on any atom is 0.335 e. The number of likely N-dealkylation sites (tertiary alicyclic amines) is 1. The first-order valence-electron chi connectivity index (χ1n) is 8.06. The Morgan fingerprint density at radius 3 is 2.09 bits per heavy atom. The van der Waals surface area contributed by atoms with Crippen LogP contribution >= 0.6 is 12.4 Å². The number of aromatic carboxylic acids is 1. The third-order valence-corrected chi connectivity index (χ3v) is 4.85. The van der Waals surface area contributed by atoms with Crippen molar-refractivity contribution >= 4 is 24.1 Å². The number of anilines is 1. The van der Waals surface area contributed by atoms with Crippen molar-refractivity contribution in [2.24, 2.45) is 0 Å². The molecule has 0 aliphatic carbocycles. The highest BCUT2D eigenvalue weighted by atomic mass is 35.5. The highest BCUT2D eigenvalue weighted by Gasteiger charge is 2.25. The molecule has 1 N–H and O–H groups in total. The van der Waals surface area contributed by atoms with E-state index in [4.69, 9.17) is 5.11 Å². The summed E-state index contributed by atoms with van der Waals surface area (Å²) in [6.07, 6.45) is 6.56. The largest absolute Gasteiger partial charge is 0.478 e. The van der Waals surface area contributed by atoms with Gasteiger partial charge in [0.15, 0.2) is 0 Å². The number of hydrogen-bond donors (Lipinski definition) is 1. The molecular formula is C17H25ClN2O2. The molecule has 4 nitrogen and oxygen atoms in total. The van der Waals surface area contributed by atoms with Crippen LogP contribution in [0, 0.1) is 0 Å². The zero-order valence-corrected chi connectivity index (χ0v) is 13.7. The Hall–Kier alpha value is -1.26. The maximum absolute atomic E-state index is 10.9. The Morgan fingerprint density at radius 2 is 1.55 bits per heavy atom. The van der Waals surface area contributed by atoms with Crippen molar-refractivity contribution in [2.75, 3.05) is 31.1 Å². The highest BCUT2D eigenvalue weighted by molar-refractivity contribution is 5.88. The predicted molar refractivity (Wildman–Crippen MR) is 91.3 cm³/mol. The van der Waals surface area contributed by atoms with E-state index < -0.39 is 5.97 Å². The second-order valence-electron chi connectivity index (χ2n) is 6.17. The zero-order valence-electron chi connectivity index (χ0n) is 12.9. The number of carbonyl (C=O) groups is 1. The molecule has 1 aromatic carbocycles. The molecule has 0 bridgehead atoms. The highest BCUT2D eigenvalue weighted by Crippen LogP contribution is 2.24. The van der Waals surface area contributed by atoms with Crippen LogP contribution < -0.4 is 4.90 Å². The van der Waals surface area contributed by atoms with Crippen molar-refractivity contribution in [1.29, 1.82) is 0 Å². The van der Waals surface area contributed by atoms with Crippen LogP contribution in [0.15, 0.2) is 24.3 Å². The van der Waals surface area contributed by atoms with Crippen molar-refractivity contribution in [3.8, 4) is 0 Å². The van der Waals surface area contributed by atoms with Crippen LogP contribution in [0.3, 0.4) is 0 Å². The van der Waals surface area contributed by atoms with Crippen molar-refractivity contribution in [2.45, 2.75) is 38.1 Å². The fourth-order valence-electron chi connectivity index (χ4n) is 3.59. The summed E-state index contributed by atoms with van der Waals surface area (Å²) in [6, 6.07) is 8.03. The molecule has 0 unspecified atom stereocenters. The lowest BCUT2D eigenvalue weighted by Crippen LogP contribution is -2.46. The zero-order chi connectivity index (χ0) is 14.7. The number of halogens is 1. The Morgan fingerprint density at radius 1 is 0.955 bits per heavy atom. The topological polar surface area (TPSA) is 43.8 Å². The standard InChI is InChI=1S/C17H24N2O2.ClH/c20-17(21)14-4-6-15(7-5-14)19-12-8-16(9-13-19)18-10-2-1-3-11-18;/h4-7,16H,1-3,8-13H2,(H,20,21);1H. The quantitative estimate of drug-likeness (QED) is 0.927. The minimum atomic E-state index is -0.856. The number of nitrogens with zero attached hydrogens (tertiary/aromatic N) is 2. The second kappa shape index (κ2) is 7.84. The van der Waals surface area contributed by atoms with Crippen molar-refractivity contribution in [3.05, 3.63) is 29.8 Å². The van der Waals surface area contributed by atoms with E-state index in [1.165, 1.54) is 45.2 Å². The minimum absolute atomic E-state index is 0. The number of rotatable bonds is 3. The van der Waals surface area contributed by atoms with Crippen LogP contribution in [0.2, 0.25) is 0 Å². The van der Waals surface area contributed by atoms with Gasteiger partial charge >= 0.3 is 5.97 Å². The molecule has 3 rings (SSSR count). The summed E-state index contributed by atoms with van der Waals surface area (Å²) in [5.41, 5.74) is 1.51. The van der Waals surface area contributed by atoms with E-state index >= 15 is 0 Å². The van der Waals surface area contributed by atoms with Gasteiger partial charge in [-0.05, 0) is 63.0 Å². The average Bonchev–Trinajstić information content (AvgIpc) is 2.56. The molecule has 0 saturated carbocycles. The number of carboxylic acids is 1. The van der Waals surface area contributed by atoms with Gasteiger partial charge in [0.05, 0.1) is 5.56 Å². The summed E-state index contributed by atoms with van der Waals surface area (Å²) < 4.78 is 0. The van der Waals surface area contributed by atoms with Gasteiger partial charge in [-0.3, -0.25) is 0 Å². The fourth-order valence-corrected chi connectivity index (χ4v) is 3.59. The van der Waals surface area contributed by atoms with Crippen LogP contribution in [0.1, 0.15) is 42.5 Å². The molecule has 5 heteroatoms. The number of carboxylic acid groups (broad SMARTS) is 1. The van der Waals surface area contributed by atoms with Crippen molar-refractivity contribution in [1.82, 2.24) is 4.90 Å². The monoisotopic (exact) mass is 324 g/mol. The van der Waals surface area contributed by atoms with Crippen molar-refractivity contribution < 1.29 is 9.90 Å². The molecule has 0 atom stereocenters. The van der Waals surface area contributed by atoms with Gasteiger partial charge in [-0.2, -0.15) is 0 Å². The van der Waals surface area contributed by atoms with E-state index in [1.54, 1.807) is 12.1 Å². The smallest absolute Gasteiger partial charge is 0.335 e. The lowest BCUT2D eigenvalue weighted by molar-refractivity contribution is 0.0697. The molecule has 2 aliphatic heterocycles. The molecule has 2 aliphatic rings. The first kappa shape index (κ1) is 17.1. The molecule has 0 amide bonds. The molecule has 0 spiro atoms. The van der Waals surface area contributed by atoms with E-state index in [0.717, 1.165) is 24.8 Å². The molecule has 2 saturated heterocycles. The van der Waals surface area contributed by atoms with Gasteiger partial charge in [0, 0.05) is 24.8 Å². The summed E-state index contributed by atoms with van der Waals surface area (Å²) in [5, 5.41) is 8.95. The lowest BCUT2D eigenvalue weighted by Gasteiger charge is -2.41. The van der Waals surface area contributed by atoms with Crippen molar-refractivity contribution in [3.63, 3.8) is 0 Å². The lowest BCUT2D eigenvalue weighted by atomic mass is 9.99. The molecule has 0 aromatic heterocycles. The molecular weight excluding hydrogens is 300 g/mol. The SMILES string of the molecule is Cl.O=C(O)c1ccc(N2CCC(N3CCCCC3)CC2)cc1. The molecule has 0 radical (unpaired) electrons. The average molecular weight is 325 g/mol. The Bertz CT molecular complexity index is 478. The van der Waals surface area contributed by atoms with Crippen LogP contribution in [-0.4, -0.2) is 48.2 Å². The second-order valence-corrected chi connectivity index (χ2v) is 6.17. The van der Waals surface area contributed by atoms with E-state index in [0.29, 0.717) is 5.56 Å². The molecule has 22 heavy (non-hydrogen) atoms. The molecule has 2 heterocycles. The number of hydrogen-bond acceptors (Lipinski definition) is 3. The van der Waals surface area contributed by atoms with Gasteiger partial charge in [-0.25, -0.2) is 4.79 Å². The third kappa shape index (κ3) is 3.93. The molecule has 2 fully saturated rings. The fraction of sp³-hybridized carbons (Fsp3) is 0.588. The third-order valence-electron chi connectivity index (χ3n) is 4.85. The van der Waals surface area contributed by atoms with Gasteiger partial charge < -0.3 is 14.9 Å². The van der Waals surface area contributed by atoms with Gasteiger partial charge in [-0.1, -0.05) is 6.42 Å². The van der Waals surface area contributed by atoms with Gasteiger partial charge in [0.2, 0.25) is 0 Å². The Kier molecular flexibility index (Phi) is 6.09. The van der Waals surface area contributed by atoms with Crippen LogP contribution in [0.25, 0.3) is 0 Å². The van der Waals surface area contributed by atoms with E-state index in [9.17, 15) is 4.79 Å². The molecule has 122 valence electrons. The summed E-state index contributed by atoms with van der Waals surface area (Å²) in [7, 11) is 0. The summed E-state index contributed by atoms with van der Waals surface area (Å²) in [6.45, 7) is 4.71. The Balaban J connectivity index is 0.00000176. The number of piperidine rings is 2. The van der Waals surface area contributed by atoms with E-state index in [2.05, 4.69) is 9.80 Å². The van der Waals surface area contributed by atoms with E-state index in [-0.39, 0.29) is 12.4 Å². The molecule has 1 aromatic rings. The van der Waals surface area contributed by atoms with Crippen LogP contribution in [-0.2, 0) is 0 Å². The van der Waals surface area contributed by atoms with Gasteiger partial charge in [0.25, 0.3) is 0 Å². The van der Waals surface area contributed by atoms with E-state index in [1.807, 2.05) is 12.1 Å².